The molecular formula is C21H25O2. The molecule has 0 saturated carbocycles. The number of esters is 1. The summed E-state index contributed by atoms with van der Waals surface area (Å²) in [7, 11) is 0. The lowest BCUT2D eigenvalue weighted by molar-refractivity contribution is -0.154. The van der Waals surface area contributed by atoms with Crippen molar-refractivity contribution in [1.82, 2.24) is 0 Å². The zero-order valence-corrected chi connectivity index (χ0v) is 14.5. The maximum absolute atomic E-state index is 11.8. The maximum Gasteiger partial charge on any atom is 0.311 e. The number of carbonyl (C=O) groups is 1. The number of benzene rings is 2. The fourth-order valence-corrected chi connectivity index (χ4v) is 2.17. The van der Waals surface area contributed by atoms with Gasteiger partial charge in [0.15, 0.2) is 0 Å². The average Bonchev–Trinajstić information content (AvgIpc) is 2.53. The zero-order chi connectivity index (χ0) is 16.9. The Kier molecular flexibility index (Phi) is 5.59. The fraction of sp³-hybridized carbons (Fsp3) is 0.381. The van der Waals surface area contributed by atoms with Crippen LogP contribution >= 0.6 is 0 Å². The van der Waals surface area contributed by atoms with Gasteiger partial charge in [-0.15, -0.1) is 0 Å². The van der Waals surface area contributed by atoms with Gasteiger partial charge in [-0.3, -0.25) is 4.79 Å². The molecular weight excluding hydrogens is 284 g/mol. The number of ether oxygens (including phenoxy) is 1. The molecule has 23 heavy (non-hydrogen) atoms. The van der Waals surface area contributed by atoms with Crippen molar-refractivity contribution >= 4 is 5.97 Å². The number of carbonyl (C=O) groups excluding carboxylic acids is 1. The molecule has 0 aliphatic heterocycles. The molecule has 2 rings (SSSR count). The monoisotopic (exact) mass is 309 g/mol. The standard InChI is InChI=1S/C21H25O2/c1-5-16-6-8-17(9-7-16)14-18-10-12-19(13-11-18)15-23-20(22)21(2,3)4/h6-10,12-13H,5,14-15H2,1-4H3. The second kappa shape index (κ2) is 7.45. The van der Waals surface area contributed by atoms with Gasteiger partial charge in [0.05, 0.1) is 5.41 Å². The summed E-state index contributed by atoms with van der Waals surface area (Å²) in [6.07, 6.45) is 1.93. The minimum Gasteiger partial charge on any atom is -0.460 e. The molecule has 0 unspecified atom stereocenters. The van der Waals surface area contributed by atoms with E-state index in [1.165, 1.54) is 11.1 Å². The Morgan fingerprint density at radius 2 is 1.61 bits per heavy atom. The van der Waals surface area contributed by atoms with Gasteiger partial charge in [0.1, 0.15) is 6.61 Å². The average molecular weight is 309 g/mol. The molecule has 2 aromatic rings. The van der Waals surface area contributed by atoms with Gasteiger partial charge in [-0.1, -0.05) is 43.3 Å². The van der Waals surface area contributed by atoms with Gasteiger partial charge in [-0.05, 0) is 68.0 Å². The van der Waals surface area contributed by atoms with Gasteiger partial charge >= 0.3 is 5.97 Å². The third-order valence-electron chi connectivity index (χ3n) is 3.75. The van der Waals surface area contributed by atoms with Crippen LogP contribution in [0.1, 0.15) is 49.9 Å². The van der Waals surface area contributed by atoms with Crippen molar-refractivity contribution in [2.24, 2.45) is 5.41 Å². The van der Waals surface area contributed by atoms with Crippen molar-refractivity contribution in [3.63, 3.8) is 0 Å². The van der Waals surface area contributed by atoms with Crippen molar-refractivity contribution in [2.75, 3.05) is 0 Å². The highest BCUT2D eigenvalue weighted by molar-refractivity contribution is 5.75. The quantitative estimate of drug-likeness (QED) is 0.746. The molecule has 0 aliphatic rings. The highest BCUT2D eigenvalue weighted by Gasteiger charge is 2.22. The topological polar surface area (TPSA) is 26.3 Å². The van der Waals surface area contributed by atoms with Gasteiger partial charge in [0.25, 0.3) is 0 Å². The van der Waals surface area contributed by atoms with E-state index in [9.17, 15) is 4.79 Å². The van der Waals surface area contributed by atoms with Gasteiger partial charge in [0, 0.05) is 0 Å². The van der Waals surface area contributed by atoms with Crippen LogP contribution < -0.4 is 0 Å². The van der Waals surface area contributed by atoms with E-state index in [4.69, 9.17) is 4.74 Å². The van der Waals surface area contributed by atoms with Gasteiger partial charge in [-0.25, -0.2) is 0 Å². The van der Waals surface area contributed by atoms with Crippen LogP contribution in [-0.4, -0.2) is 5.97 Å². The summed E-state index contributed by atoms with van der Waals surface area (Å²) in [6.45, 7) is 8.03. The predicted molar refractivity (Wildman–Crippen MR) is 93.2 cm³/mol. The van der Waals surface area contributed by atoms with Crippen LogP contribution in [0.2, 0.25) is 0 Å². The molecule has 1 radical (unpaired) electrons. The summed E-state index contributed by atoms with van der Waals surface area (Å²) in [5, 5.41) is 0. The van der Waals surface area contributed by atoms with E-state index >= 15 is 0 Å². The van der Waals surface area contributed by atoms with E-state index in [2.05, 4.69) is 37.3 Å². The molecule has 2 heteroatoms. The Labute approximate surface area is 139 Å². The third-order valence-corrected chi connectivity index (χ3v) is 3.75. The van der Waals surface area contributed by atoms with E-state index in [-0.39, 0.29) is 5.97 Å². The first-order valence-corrected chi connectivity index (χ1v) is 8.13. The molecule has 0 aromatic heterocycles. The van der Waals surface area contributed by atoms with Gasteiger partial charge in [0.2, 0.25) is 0 Å². The summed E-state index contributed by atoms with van der Waals surface area (Å²) in [5.41, 5.74) is 4.28. The second-order valence-electron chi connectivity index (χ2n) is 6.90. The van der Waals surface area contributed by atoms with Crippen molar-refractivity contribution in [3.8, 4) is 0 Å². The van der Waals surface area contributed by atoms with Crippen LogP contribution in [0.4, 0.5) is 0 Å². The van der Waals surface area contributed by atoms with E-state index in [1.54, 1.807) is 0 Å². The third kappa shape index (κ3) is 5.24. The van der Waals surface area contributed by atoms with E-state index < -0.39 is 5.41 Å². The number of aryl methyl sites for hydroxylation is 1. The molecule has 0 spiro atoms. The maximum atomic E-state index is 11.8. The molecule has 0 saturated heterocycles. The van der Waals surface area contributed by atoms with Crippen LogP contribution in [0.3, 0.4) is 0 Å². The van der Waals surface area contributed by atoms with E-state index in [0.717, 1.165) is 24.0 Å². The molecule has 0 bridgehead atoms. The molecule has 0 fully saturated rings. The summed E-state index contributed by atoms with van der Waals surface area (Å²) < 4.78 is 5.32. The summed E-state index contributed by atoms with van der Waals surface area (Å²) >= 11 is 0. The first-order chi connectivity index (χ1) is 10.9. The minimum atomic E-state index is -0.464. The van der Waals surface area contributed by atoms with Crippen LogP contribution in [0.5, 0.6) is 0 Å². The van der Waals surface area contributed by atoms with Gasteiger partial charge < -0.3 is 4.74 Å². The summed E-state index contributed by atoms with van der Waals surface area (Å²) in [4.78, 5) is 11.8. The summed E-state index contributed by atoms with van der Waals surface area (Å²) in [6, 6.07) is 17.9. The Bertz CT molecular complexity index is 631. The molecule has 2 nitrogen and oxygen atoms in total. The number of hydrogen-bond donors (Lipinski definition) is 0. The highest BCUT2D eigenvalue weighted by atomic mass is 16.5. The van der Waals surface area contributed by atoms with Crippen molar-refractivity contribution in [3.05, 3.63) is 70.8 Å². The van der Waals surface area contributed by atoms with E-state index in [1.807, 2.05) is 39.0 Å². The molecule has 121 valence electrons. The second-order valence-corrected chi connectivity index (χ2v) is 6.90. The molecule has 0 aliphatic carbocycles. The Hall–Kier alpha value is -2.09. The van der Waals surface area contributed by atoms with Crippen LogP contribution in [0.25, 0.3) is 0 Å². The minimum absolute atomic E-state index is 0.183. The summed E-state index contributed by atoms with van der Waals surface area (Å²) in [5.74, 6) is -0.183. The molecule has 0 N–H and O–H groups in total. The molecule has 0 atom stereocenters. The first-order valence-electron chi connectivity index (χ1n) is 8.13. The van der Waals surface area contributed by atoms with Crippen molar-refractivity contribution in [2.45, 2.75) is 47.1 Å². The van der Waals surface area contributed by atoms with Gasteiger partial charge in [-0.2, -0.15) is 0 Å². The zero-order valence-electron chi connectivity index (χ0n) is 14.5. The van der Waals surface area contributed by atoms with Crippen LogP contribution in [0, 0.1) is 11.5 Å². The Morgan fingerprint density at radius 3 is 2.13 bits per heavy atom. The SMILES string of the molecule is CCc1ccc(Cc2[c]cc(COC(=O)C(C)(C)C)cc2)cc1. The predicted octanol–water partition coefficient (Wildman–Crippen LogP) is 4.73. The van der Waals surface area contributed by atoms with Crippen LogP contribution in [0.15, 0.2) is 42.5 Å². The smallest absolute Gasteiger partial charge is 0.311 e. The van der Waals surface area contributed by atoms with Crippen molar-refractivity contribution < 1.29 is 9.53 Å². The van der Waals surface area contributed by atoms with Crippen LogP contribution in [-0.2, 0) is 29.0 Å². The number of rotatable bonds is 5. The lowest BCUT2D eigenvalue weighted by Crippen LogP contribution is -2.22. The normalized spacial score (nSPS) is 11.3. The Balaban J connectivity index is 1.92. The molecule has 0 amide bonds. The lowest BCUT2D eigenvalue weighted by atomic mass is 9.97. The highest BCUT2D eigenvalue weighted by Crippen LogP contribution is 2.17. The fourth-order valence-electron chi connectivity index (χ4n) is 2.17. The lowest BCUT2D eigenvalue weighted by Gasteiger charge is -2.16. The first kappa shape index (κ1) is 17.3. The molecule has 2 aromatic carbocycles. The van der Waals surface area contributed by atoms with E-state index in [0.29, 0.717) is 6.61 Å². The van der Waals surface area contributed by atoms with Crippen molar-refractivity contribution in [1.29, 1.82) is 0 Å². The largest absolute Gasteiger partial charge is 0.460 e. The molecule has 0 heterocycles. The Morgan fingerprint density at radius 1 is 1.00 bits per heavy atom. The number of hydrogen-bond acceptors (Lipinski definition) is 2.